The van der Waals surface area contributed by atoms with Crippen LogP contribution in [0.15, 0.2) is 48.0 Å². The van der Waals surface area contributed by atoms with E-state index in [1.165, 1.54) is 0 Å². The number of hydrogen-bond donors (Lipinski definition) is 3. The quantitative estimate of drug-likeness (QED) is 0.408. The maximum atomic E-state index is 7.76. The molecule has 5 heteroatoms. The van der Waals surface area contributed by atoms with Gasteiger partial charge in [0.25, 0.3) is 0 Å². The zero-order valence-electron chi connectivity index (χ0n) is 9.63. The molecule has 1 aromatic carbocycles. The zero-order chi connectivity index (χ0) is 12.7. The first-order valence-corrected chi connectivity index (χ1v) is 5.21. The second-order valence-electron chi connectivity index (χ2n) is 3.52. The summed E-state index contributed by atoms with van der Waals surface area (Å²) in [5.41, 5.74) is 11.6. The molecule has 0 aliphatic rings. The van der Waals surface area contributed by atoms with Gasteiger partial charge >= 0.3 is 0 Å². The number of rotatable bonds is 4. The van der Waals surface area contributed by atoms with Crippen molar-refractivity contribution in [3.8, 4) is 0 Å². The topological polar surface area (TPSA) is 91.5 Å². The molecule has 5 N–H and O–H groups in total. The summed E-state index contributed by atoms with van der Waals surface area (Å²) in [4.78, 5) is 5.45. The lowest BCUT2D eigenvalue weighted by Crippen LogP contribution is -2.33. The van der Waals surface area contributed by atoms with E-state index in [4.69, 9.17) is 16.9 Å². The van der Waals surface area contributed by atoms with Crippen LogP contribution in [0.2, 0.25) is 0 Å². The summed E-state index contributed by atoms with van der Waals surface area (Å²) in [6.07, 6.45) is 1.71. The van der Waals surface area contributed by atoms with Crippen molar-refractivity contribution in [1.29, 1.82) is 5.41 Å². The van der Waals surface area contributed by atoms with E-state index in [2.05, 4.69) is 11.6 Å². The van der Waals surface area contributed by atoms with Crippen LogP contribution in [0, 0.1) is 5.41 Å². The third kappa shape index (κ3) is 4.38. The molecule has 0 fully saturated rings. The third-order valence-corrected chi connectivity index (χ3v) is 2.10. The van der Waals surface area contributed by atoms with E-state index in [0.717, 1.165) is 5.56 Å². The summed E-state index contributed by atoms with van der Waals surface area (Å²) in [5, 5.41) is 7.76. The zero-order valence-corrected chi connectivity index (χ0v) is 9.63. The molecule has 17 heavy (non-hydrogen) atoms. The molecule has 0 aliphatic heterocycles. The van der Waals surface area contributed by atoms with Crippen LogP contribution in [0.4, 0.5) is 0 Å². The normalized spacial score (nSPS) is 9.41. The molecular weight excluding hydrogens is 214 g/mol. The van der Waals surface area contributed by atoms with Gasteiger partial charge in [0.05, 0.1) is 0 Å². The van der Waals surface area contributed by atoms with E-state index in [0.29, 0.717) is 13.1 Å². The molecule has 0 heterocycles. The second kappa shape index (κ2) is 6.32. The molecule has 0 saturated heterocycles. The van der Waals surface area contributed by atoms with Crippen LogP contribution >= 0.6 is 0 Å². The molecule has 5 nitrogen and oxygen atoms in total. The highest BCUT2D eigenvalue weighted by Crippen LogP contribution is 2.05. The standard InChI is InChI=1S/C12H17N5/c1-2-8-17(12(15)16-11(13)14)9-10-6-4-3-5-7-10/h2-7H,1,8-9H2,(H5,13,14,15,16). The van der Waals surface area contributed by atoms with Crippen LogP contribution in [0.1, 0.15) is 5.56 Å². The molecule has 0 saturated carbocycles. The molecule has 1 rings (SSSR count). The second-order valence-corrected chi connectivity index (χ2v) is 3.52. The SMILES string of the molecule is C=CCN(Cc1ccccc1)C(=N)N=C(N)N. The fourth-order valence-electron chi connectivity index (χ4n) is 1.38. The van der Waals surface area contributed by atoms with Gasteiger partial charge in [-0.1, -0.05) is 36.4 Å². The molecule has 0 spiro atoms. The van der Waals surface area contributed by atoms with Crippen LogP contribution in [0.25, 0.3) is 0 Å². The Morgan fingerprint density at radius 1 is 1.35 bits per heavy atom. The molecule has 1 aromatic rings. The van der Waals surface area contributed by atoms with E-state index in [1.54, 1.807) is 11.0 Å². The monoisotopic (exact) mass is 231 g/mol. The van der Waals surface area contributed by atoms with Gasteiger partial charge in [-0.25, -0.2) is 0 Å². The minimum absolute atomic E-state index is 0.0359. The van der Waals surface area contributed by atoms with Gasteiger partial charge in [-0.2, -0.15) is 4.99 Å². The number of nitrogens with one attached hydrogen (secondary N) is 1. The number of benzene rings is 1. The average Bonchev–Trinajstić information content (AvgIpc) is 2.29. The minimum atomic E-state index is -0.114. The highest BCUT2D eigenvalue weighted by atomic mass is 15.3. The number of aliphatic imine (C=N–C) groups is 1. The first-order valence-electron chi connectivity index (χ1n) is 5.21. The fraction of sp³-hybridized carbons (Fsp3) is 0.167. The van der Waals surface area contributed by atoms with Crippen LogP contribution in [0.5, 0.6) is 0 Å². The Bertz CT molecular complexity index is 406. The van der Waals surface area contributed by atoms with Crippen molar-refractivity contribution in [2.75, 3.05) is 6.54 Å². The van der Waals surface area contributed by atoms with Gasteiger partial charge in [-0.05, 0) is 5.56 Å². The van der Waals surface area contributed by atoms with E-state index in [9.17, 15) is 0 Å². The predicted molar refractivity (Wildman–Crippen MR) is 70.6 cm³/mol. The van der Waals surface area contributed by atoms with Crippen molar-refractivity contribution in [2.45, 2.75) is 6.54 Å². The number of guanidine groups is 2. The van der Waals surface area contributed by atoms with Crippen molar-refractivity contribution in [3.63, 3.8) is 0 Å². The average molecular weight is 231 g/mol. The van der Waals surface area contributed by atoms with Gasteiger partial charge in [0.2, 0.25) is 5.96 Å². The van der Waals surface area contributed by atoms with Crippen LogP contribution in [0.3, 0.4) is 0 Å². The number of nitrogens with two attached hydrogens (primary N) is 2. The summed E-state index contributed by atoms with van der Waals surface area (Å²) >= 11 is 0. The van der Waals surface area contributed by atoms with E-state index < -0.39 is 0 Å². The van der Waals surface area contributed by atoms with Crippen LogP contribution < -0.4 is 11.5 Å². The van der Waals surface area contributed by atoms with Gasteiger partial charge in [0, 0.05) is 13.1 Å². The first kappa shape index (κ1) is 12.8. The highest BCUT2D eigenvalue weighted by molar-refractivity contribution is 5.91. The van der Waals surface area contributed by atoms with Crippen molar-refractivity contribution in [2.24, 2.45) is 16.5 Å². The van der Waals surface area contributed by atoms with Crippen LogP contribution in [-0.4, -0.2) is 23.4 Å². The predicted octanol–water partition coefficient (Wildman–Crippen LogP) is 0.883. The summed E-state index contributed by atoms with van der Waals surface area (Å²) in [6.45, 7) is 4.74. The Kier molecular flexibility index (Phi) is 4.75. The molecule has 0 radical (unpaired) electrons. The maximum Gasteiger partial charge on any atom is 0.221 e. The van der Waals surface area contributed by atoms with Gasteiger partial charge in [-0.15, -0.1) is 6.58 Å². The molecule has 0 amide bonds. The van der Waals surface area contributed by atoms with Crippen molar-refractivity contribution >= 4 is 11.9 Å². The van der Waals surface area contributed by atoms with Crippen molar-refractivity contribution in [3.05, 3.63) is 48.6 Å². The molecule has 0 aromatic heterocycles. The molecular formula is C12H17N5. The summed E-state index contributed by atoms with van der Waals surface area (Å²) in [5.74, 6) is -0.0779. The Hall–Kier alpha value is -2.30. The van der Waals surface area contributed by atoms with Gasteiger partial charge in [0.15, 0.2) is 5.96 Å². The Balaban J connectivity index is 2.76. The molecule has 0 bridgehead atoms. The molecule has 0 atom stereocenters. The lowest BCUT2D eigenvalue weighted by molar-refractivity contribution is 0.448. The number of nitrogens with zero attached hydrogens (tertiary/aromatic N) is 2. The maximum absolute atomic E-state index is 7.76. The summed E-state index contributed by atoms with van der Waals surface area (Å²) in [6, 6.07) is 9.82. The summed E-state index contributed by atoms with van der Waals surface area (Å²) < 4.78 is 0. The highest BCUT2D eigenvalue weighted by Gasteiger charge is 2.08. The van der Waals surface area contributed by atoms with Crippen LogP contribution in [-0.2, 0) is 6.54 Å². The molecule has 0 unspecified atom stereocenters. The van der Waals surface area contributed by atoms with E-state index in [-0.39, 0.29) is 11.9 Å². The Morgan fingerprint density at radius 2 is 2.00 bits per heavy atom. The lowest BCUT2D eigenvalue weighted by Gasteiger charge is -2.21. The summed E-state index contributed by atoms with van der Waals surface area (Å²) in [7, 11) is 0. The van der Waals surface area contributed by atoms with Crippen molar-refractivity contribution in [1.82, 2.24) is 4.90 Å². The van der Waals surface area contributed by atoms with Gasteiger partial charge < -0.3 is 16.4 Å². The van der Waals surface area contributed by atoms with Gasteiger partial charge in [-0.3, -0.25) is 5.41 Å². The smallest absolute Gasteiger partial charge is 0.221 e. The van der Waals surface area contributed by atoms with E-state index in [1.807, 2.05) is 30.3 Å². The lowest BCUT2D eigenvalue weighted by atomic mass is 10.2. The Labute approximate surface area is 101 Å². The fourth-order valence-corrected chi connectivity index (χ4v) is 1.38. The first-order chi connectivity index (χ1) is 8.13. The van der Waals surface area contributed by atoms with Crippen molar-refractivity contribution < 1.29 is 0 Å². The Morgan fingerprint density at radius 3 is 2.53 bits per heavy atom. The minimum Gasteiger partial charge on any atom is -0.370 e. The number of hydrogen-bond acceptors (Lipinski definition) is 1. The van der Waals surface area contributed by atoms with Gasteiger partial charge in [0.1, 0.15) is 0 Å². The third-order valence-electron chi connectivity index (χ3n) is 2.10. The molecule has 90 valence electrons. The van der Waals surface area contributed by atoms with E-state index >= 15 is 0 Å². The molecule has 0 aliphatic carbocycles. The largest absolute Gasteiger partial charge is 0.370 e.